The van der Waals surface area contributed by atoms with E-state index in [0.29, 0.717) is 6.61 Å². The molecule has 0 aliphatic rings. The van der Waals surface area contributed by atoms with Gasteiger partial charge in [0.2, 0.25) is 0 Å². The van der Waals surface area contributed by atoms with Crippen LogP contribution >= 0.6 is 0 Å². The second-order valence-electron chi connectivity index (χ2n) is 4.16. The van der Waals surface area contributed by atoms with E-state index in [9.17, 15) is 0 Å². The molecule has 0 saturated carbocycles. The van der Waals surface area contributed by atoms with Crippen LogP contribution in [-0.4, -0.2) is 23.6 Å². The van der Waals surface area contributed by atoms with Crippen molar-refractivity contribution >= 4 is 0 Å². The number of rotatable bonds is 7. The van der Waals surface area contributed by atoms with Gasteiger partial charge in [-0.25, -0.2) is 4.98 Å². The standard InChI is InChI=1S/C14H19N3O/c1-18-11-13-5-3-2-4-12(13)10-15-7-6-14-16-8-9-17-14/h2-5,8-9,15H,6-7,10-11H2,1H3,(H,16,17). The number of ether oxygens (including phenoxy) is 1. The molecule has 0 aliphatic heterocycles. The van der Waals surface area contributed by atoms with Gasteiger partial charge in [-0.1, -0.05) is 24.3 Å². The number of hydrogen-bond acceptors (Lipinski definition) is 3. The fraction of sp³-hybridized carbons (Fsp3) is 0.357. The summed E-state index contributed by atoms with van der Waals surface area (Å²) in [6.45, 7) is 2.44. The van der Waals surface area contributed by atoms with Gasteiger partial charge in [-0.05, 0) is 11.1 Å². The Kier molecular flexibility index (Phi) is 4.93. The normalized spacial score (nSPS) is 10.7. The molecule has 1 aromatic carbocycles. The third-order valence-corrected chi connectivity index (χ3v) is 2.83. The van der Waals surface area contributed by atoms with Gasteiger partial charge in [-0.2, -0.15) is 0 Å². The van der Waals surface area contributed by atoms with Crippen LogP contribution in [0.4, 0.5) is 0 Å². The fourth-order valence-electron chi connectivity index (χ4n) is 1.89. The van der Waals surface area contributed by atoms with Crippen molar-refractivity contribution in [3.05, 3.63) is 53.6 Å². The zero-order valence-corrected chi connectivity index (χ0v) is 10.6. The molecule has 18 heavy (non-hydrogen) atoms. The Morgan fingerprint density at radius 2 is 2.11 bits per heavy atom. The Hall–Kier alpha value is -1.65. The van der Waals surface area contributed by atoms with Gasteiger partial charge < -0.3 is 15.0 Å². The van der Waals surface area contributed by atoms with Gasteiger partial charge in [0.15, 0.2) is 0 Å². The Balaban J connectivity index is 1.79. The minimum atomic E-state index is 0.663. The average Bonchev–Trinajstić information content (AvgIpc) is 2.90. The van der Waals surface area contributed by atoms with Gasteiger partial charge >= 0.3 is 0 Å². The van der Waals surface area contributed by atoms with Crippen LogP contribution in [0.3, 0.4) is 0 Å². The van der Waals surface area contributed by atoms with Crippen molar-refractivity contribution in [1.82, 2.24) is 15.3 Å². The van der Waals surface area contributed by atoms with Crippen molar-refractivity contribution in [3.63, 3.8) is 0 Å². The van der Waals surface area contributed by atoms with E-state index < -0.39 is 0 Å². The molecular weight excluding hydrogens is 226 g/mol. The third kappa shape index (κ3) is 3.68. The van der Waals surface area contributed by atoms with Crippen molar-refractivity contribution in [1.29, 1.82) is 0 Å². The molecule has 1 heterocycles. The van der Waals surface area contributed by atoms with Crippen molar-refractivity contribution in [2.24, 2.45) is 0 Å². The highest BCUT2D eigenvalue weighted by Gasteiger charge is 2.01. The minimum absolute atomic E-state index is 0.663. The summed E-state index contributed by atoms with van der Waals surface area (Å²) in [4.78, 5) is 7.29. The number of aromatic nitrogens is 2. The Bertz CT molecular complexity index is 454. The van der Waals surface area contributed by atoms with Gasteiger partial charge in [0.1, 0.15) is 5.82 Å². The van der Waals surface area contributed by atoms with Crippen molar-refractivity contribution in [2.45, 2.75) is 19.6 Å². The van der Waals surface area contributed by atoms with Crippen LogP contribution in [-0.2, 0) is 24.3 Å². The minimum Gasteiger partial charge on any atom is -0.380 e. The number of methoxy groups -OCH3 is 1. The lowest BCUT2D eigenvalue weighted by atomic mass is 10.1. The molecule has 96 valence electrons. The van der Waals surface area contributed by atoms with Crippen LogP contribution in [0, 0.1) is 0 Å². The van der Waals surface area contributed by atoms with Gasteiger partial charge in [0.25, 0.3) is 0 Å². The second-order valence-corrected chi connectivity index (χ2v) is 4.16. The second kappa shape index (κ2) is 6.93. The number of aromatic amines is 1. The SMILES string of the molecule is COCc1ccccc1CNCCc1ncc[nH]1. The van der Waals surface area contributed by atoms with E-state index in [0.717, 1.165) is 25.3 Å². The topological polar surface area (TPSA) is 49.9 Å². The maximum atomic E-state index is 5.19. The molecule has 4 nitrogen and oxygen atoms in total. The number of benzene rings is 1. The first-order chi connectivity index (χ1) is 8.90. The molecule has 4 heteroatoms. The lowest BCUT2D eigenvalue weighted by Gasteiger charge is -2.09. The molecule has 0 atom stereocenters. The van der Waals surface area contributed by atoms with E-state index >= 15 is 0 Å². The van der Waals surface area contributed by atoms with E-state index in [4.69, 9.17) is 4.74 Å². The molecule has 0 aliphatic carbocycles. The number of imidazole rings is 1. The highest BCUT2D eigenvalue weighted by Crippen LogP contribution is 2.09. The van der Waals surface area contributed by atoms with Crippen LogP contribution in [0.15, 0.2) is 36.7 Å². The molecule has 0 saturated heterocycles. The summed E-state index contributed by atoms with van der Waals surface area (Å²) in [6, 6.07) is 8.34. The van der Waals surface area contributed by atoms with Crippen LogP contribution in [0.25, 0.3) is 0 Å². The van der Waals surface area contributed by atoms with Gasteiger partial charge in [-0.15, -0.1) is 0 Å². The van der Waals surface area contributed by atoms with E-state index in [1.54, 1.807) is 13.3 Å². The first-order valence-electron chi connectivity index (χ1n) is 6.15. The van der Waals surface area contributed by atoms with Crippen LogP contribution in [0.1, 0.15) is 17.0 Å². The predicted octanol–water partition coefficient (Wildman–Crippen LogP) is 1.89. The van der Waals surface area contributed by atoms with E-state index in [2.05, 4.69) is 33.5 Å². The molecule has 0 fully saturated rings. The highest BCUT2D eigenvalue weighted by molar-refractivity contribution is 5.26. The van der Waals surface area contributed by atoms with Crippen LogP contribution in [0.2, 0.25) is 0 Å². The van der Waals surface area contributed by atoms with Crippen molar-refractivity contribution < 1.29 is 4.74 Å². The lowest BCUT2D eigenvalue weighted by molar-refractivity contribution is 0.184. The molecule has 0 radical (unpaired) electrons. The molecule has 0 unspecified atom stereocenters. The van der Waals surface area contributed by atoms with Crippen LogP contribution in [0.5, 0.6) is 0 Å². The Labute approximate surface area is 107 Å². The summed E-state index contributed by atoms with van der Waals surface area (Å²) in [6.07, 6.45) is 4.55. The zero-order valence-electron chi connectivity index (χ0n) is 10.6. The quantitative estimate of drug-likeness (QED) is 0.732. The molecule has 2 N–H and O–H groups in total. The molecule has 2 rings (SSSR count). The van der Waals surface area contributed by atoms with Crippen molar-refractivity contribution in [3.8, 4) is 0 Å². The average molecular weight is 245 g/mol. The summed E-state index contributed by atoms with van der Waals surface area (Å²) in [5.74, 6) is 1.02. The molecule has 0 bridgehead atoms. The monoisotopic (exact) mass is 245 g/mol. The smallest absolute Gasteiger partial charge is 0.107 e. The van der Waals surface area contributed by atoms with Gasteiger partial charge in [0, 0.05) is 39.0 Å². The largest absolute Gasteiger partial charge is 0.380 e. The number of nitrogens with zero attached hydrogens (tertiary/aromatic N) is 1. The molecule has 0 spiro atoms. The maximum absolute atomic E-state index is 5.19. The number of H-pyrrole nitrogens is 1. The van der Waals surface area contributed by atoms with E-state index in [1.807, 2.05) is 12.3 Å². The van der Waals surface area contributed by atoms with Gasteiger partial charge in [0.05, 0.1) is 6.61 Å². The summed E-state index contributed by atoms with van der Waals surface area (Å²) >= 11 is 0. The van der Waals surface area contributed by atoms with Gasteiger partial charge in [-0.3, -0.25) is 0 Å². The van der Waals surface area contributed by atoms with E-state index in [-0.39, 0.29) is 0 Å². The first kappa shape index (κ1) is 12.8. The molecule has 1 aromatic heterocycles. The summed E-state index contributed by atoms with van der Waals surface area (Å²) in [5.41, 5.74) is 2.53. The highest BCUT2D eigenvalue weighted by atomic mass is 16.5. The predicted molar refractivity (Wildman–Crippen MR) is 71.2 cm³/mol. The fourth-order valence-corrected chi connectivity index (χ4v) is 1.89. The summed E-state index contributed by atoms with van der Waals surface area (Å²) in [5, 5.41) is 3.42. The van der Waals surface area contributed by atoms with Crippen molar-refractivity contribution in [2.75, 3.05) is 13.7 Å². The molecule has 2 aromatic rings. The Morgan fingerprint density at radius 1 is 1.28 bits per heavy atom. The summed E-state index contributed by atoms with van der Waals surface area (Å²) in [7, 11) is 1.72. The lowest BCUT2D eigenvalue weighted by Crippen LogP contribution is -2.18. The Morgan fingerprint density at radius 3 is 2.83 bits per heavy atom. The molecular formula is C14H19N3O. The van der Waals surface area contributed by atoms with Crippen LogP contribution < -0.4 is 5.32 Å². The zero-order chi connectivity index (χ0) is 12.6. The van der Waals surface area contributed by atoms with E-state index in [1.165, 1.54) is 11.1 Å². The number of nitrogens with one attached hydrogen (secondary N) is 2. The maximum Gasteiger partial charge on any atom is 0.107 e. The third-order valence-electron chi connectivity index (χ3n) is 2.83. The first-order valence-corrected chi connectivity index (χ1v) is 6.15. The number of hydrogen-bond donors (Lipinski definition) is 2. The summed E-state index contributed by atoms with van der Waals surface area (Å²) < 4.78 is 5.19. The molecule has 0 amide bonds.